The van der Waals surface area contributed by atoms with Crippen molar-refractivity contribution in [3.05, 3.63) is 29.8 Å². The Kier molecular flexibility index (Phi) is 29.1. The molecule has 0 spiro atoms. The normalized spacial score (nSPS) is 13.0. The molecule has 0 unspecified atom stereocenters. The lowest BCUT2D eigenvalue weighted by Gasteiger charge is -2.25. The number of benzene rings is 1. The van der Waals surface area contributed by atoms with Gasteiger partial charge in [-0.3, -0.25) is 28.2 Å². The number of hydrogen-bond donors (Lipinski definition) is 3. The van der Waals surface area contributed by atoms with Gasteiger partial charge in [-0.15, -0.1) is 24.8 Å². The zero-order valence-electron chi connectivity index (χ0n) is 32.4. The first kappa shape index (κ1) is 51.9. The van der Waals surface area contributed by atoms with E-state index in [1.807, 2.05) is 51.8 Å². The van der Waals surface area contributed by atoms with Gasteiger partial charge in [-0.2, -0.15) is 0 Å². The maximum Gasteiger partial charge on any atom is 0.530 e. The molecule has 0 aliphatic rings. The van der Waals surface area contributed by atoms with E-state index in [0.29, 0.717) is 51.7 Å². The summed E-state index contributed by atoms with van der Waals surface area (Å²) < 4.78 is 30.4. The van der Waals surface area contributed by atoms with Crippen LogP contribution in [0.3, 0.4) is 0 Å². The van der Waals surface area contributed by atoms with Gasteiger partial charge in [0.25, 0.3) is 0 Å². The van der Waals surface area contributed by atoms with E-state index in [-0.39, 0.29) is 86.0 Å². The first-order valence-corrected chi connectivity index (χ1v) is 19.5. The summed E-state index contributed by atoms with van der Waals surface area (Å²) in [6, 6.07) is 5.94. The topological polar surface area (TPSA) is 170 Å². The first-order valence-electron chi connectivity index (χ1n) is 18.0. The molecule has 1 rings (SSSR count). The molecule has 3 amide bonds. The molecule has 0 aromatic heterocycles. The summed E-state index contributed by atoms with van der Waals surface area (Å²) >= 11 is 0. The minimum Gasteiger partial charge on any atom is -0.404 e. The van der Waals surface area contributed by atoms with Gasteiger partial charge in [0.05, 0.1) is 19.3 Å². The van der Waals surface area contributed by atoms with Gasteiger partial charge in [0, 0.05) is 44.8 Å². The Morgan fingerprint density at radius 1 is 0.846 bits per heavy atom. The number of unbranched alkanes of at least 4 members (excludes halogenated alkanes) is 4. The van der Waals surface area contributed by atoms with Crippen LogP contribution in [0, 0.1) is 11.8 Å². The van der Waals surface area contributed by atoms with E-state index >= 15 is 0 Å². The second kappa shape index (κ2) is 29.2. The monoisotopic (exact) mass is 797 g/mol. The largest absolute Gasteiger partial charge is 0.530 e. The van der Waals surface area contributed by atoms with Crippen molar-refractivity contribution >= 4 is 56.1 Å². The van der Waals surface area contributed by atoms with Crippen molar-refractivity contribution in [2.75, 3.05) is 61.0 Å². The second-order valence-corrected chi connectivity index (χ2v) is 15.1. The summed E-state index contributed by atoms with van der Waals surface area (Å²) in [5.41, 5.74) is 5.95. The lowest BCUT2D eigenvalue weighted by molar-refractivity contribution is -0.133. The van der Waals surface area contributed by atoms with Gasteiger partial charge in [-0.05, 0) is 77.5 Å². The third-order valence-corrected chi connectivity index (χ3v) is 9.81. The quantitative estimate of drug-likeness (QED) is 0.0689. The average Bonchev–Trinajstić information content (AvgIpc) is 3.04. The zero-order valence-corrected chi connectivity index (χ0v) is 34.9. The molecule has 13 nitrogen and oxygen atoms in total. The Morgan fingerprint density at radius 2 is 1.42 bits per heavy atom. The summed E-state index contributed by atoms with van der Waals surface area (Å²) in [5.74, 6) is -1.28. The fraction of sp³-hybridized carbons (Fsp3) is 0.722. The number of phosphoric ester groups is 1. The molecule has 4 N–H and O–H groups in total. The number of carbonyl (C=O) groups is 4. The van der Waals surface area contributed by atoms with Crippen LogP contribution in [0.2, 0.25) is 0 Å². The molecule has 3 atom stereocenters. The fourth-order valence-corrected chi connectivity index (χ4v) is 6.17. The van der Waals surface area contributed by atoms with Gasteiger partial charge in [-0.25, -0.2) is 4.57 Å². The van der Waals surface area contributed by atoms with Crippen molar-refractivity contribution in [3.63, 3.8) is 0 Å². The van der Waals surface area contributed by atoms with Gasteiger partial charge in [0.15, 0.2) is 5.78 Å². The molecule has 1 aromatic rings. The highest BCUT2D eigenvalue weighted by molar-refractivity contribution is 7.48. The maximum absolute atomic E-state index is 13.8. The Labute approximate surface area is 324 Å². The van der Waals surface area contributed by atoms with Crippen molar-refractivity contribution in [3.8, 4) is 5.75 Å². The molecule has 0 radical (unpaired) electrons. The summed E-state index contributed by atoms with van der Waals surface area (Å²) in [6.45, 7) is 7.80. The van der Waals surface area contributed by atoms with E-state index in [1.54, 1.807) is 24.3 Å². The number of rotatable bonds is 29. The molecule has 16 heteroatoms. The lowest BCUT2D eigenvalue weighted by atomic mass is 9.84. The number of amides is 3. The molecular weight excluding hydrogens is 732 g/mol. The zero-order chi connectivity index (χ0) is 37.5. The Balaban J connectivity index is 0. The number of ketones is 1. The number of nitrogens with zero attached hydrogens (tertiary/aromatic N) is 2. The number of nitrogens with one attached hydrogen (secondary N) is 2. The van der Waals surface area contributed by atoms with Crippen LogP contribution in [-0.2, 0) is 39.2 Å². The number of carbonyl (C=O) groups excluding carboxylic acids is 4. The van der Waals surface area contributed by atoms with Crippen molar-refractivity contribution in [2.24, 2.45) is 17.6 Å². The number of nitrogens with two attached hydrogens (primary N) is 1. The molecule has 1 aromatic carbocycles. The Hall–Kier alpha value is -2.25. The van der Waals surface area contributed by atoms with E-state index in [4.69, 9.17) is 19.3 Å². The highest BCUT2D eigenvalue weighted by Crippen LogP contribution is 2.49. The molecule has 0 fully saturated rings. The molecule has 0 saturated carbocycles. The van der Waals surface area contributed by atoms with Crippen LogP contribution in [0.4, 0.5) is 0 Å². The summed E-state index contributed by atoms with van der Waals surface area (Å²) in [4.78, 5) is 54.8. The van der Waals surface area contributed by atoms with Crippen LogP contribution in [0.5, 0.6) is 5.75 Å². The van der Waals surface area contributed by atoms with Crippen LogP contribution in [0.25, 0.3) is 0 Å². The molecule has 0 heterocycles. The average molecular weight is 799 g/mol. The van der Waals surface area contributed by atoms with E-state index in [2.05, 4.69) is 17.6 Å². The predicted octanol–water partition coefficient (Wildman–Crippen LogP) is 5.56. The van der Waals surface area contributed by atoms with Crippen LogP contribution < -0.4 is 20.9 Å². The highest BCUT2D eigenvalue weighted by atomic mass is 35.5. The number of Topliss-reactive ketones (excluding diaryl/α,β-unsaturated/α-hetero) is 1. The summed E-state index contributed by atoms with van der Waals surface area (Å²) in [5, 5.41) is 5.90. The van der Waals surface area contributed by atoms with Crippen LogP contribution >= 0.6 is 32.6 Å². The Morgan fingerprint density at radius 3 is 1.94 bits per heavy atom. The summed E-state index contributed by atoms with van der Waals surface area (Å²) in [6.07, 6.45) is 6.27. The van der Waals surface area contributed by atoms with Crippen LogP contribution in [-0.4, -0.2) is 100 Å². The number of hydrogen-bond acceptors (Lipinski definition) is 10. The minimum absolute atomic E-state index is 0. The second-order valence-electron chi connectivity index (χ2n) is 13.5. The van der Waals surface area contributed by atoms with E-state index < -0.39 is 19.8 Å². The van der Waals surface area contributed by atoms with Crippen LogP contribution in [0.1, 0.15) is 90.5 Å². The van der Waals surface area contributed by atoms with Crippen LogP contribution in [0.15, 0.2) is 24.3 Å². The molecule has 302 valence electrons. The smallest absolute Gasteiger partial charge is 0.404 e. The van der Waals surface area contributed by atoms with E-state index in [1.165, 1.54) is 0 Å². The Bertz CT molecular complexity index is 1190. The van der Waals surface area contributed by atoms with E-state index in [0.717, 1.165) is 31.2 Å². The maximum atomic E-state index is 13.8. The summed E-state index contributed by atoms with van der Waals surface area (Å²) in [7, 11) is 3.60. The third-order valence-electron chi connectivity index (χ3n) is 8.38. The van der Waals surface area contributed by atoms with Gasteiger partial charge in [0.2, 0.25) is 17.7 Å². The van der Waals surface area contributed by atoms with Gasteiger partial charge >= 0.3 is 7.82 Å². The van der Waals surface area contributed by atoms with Gasteiger partial charge < -0.3 is 30.7 Å². The van der Waals surface area contributed by atoms with Gasteiger partial charge in [0.1, 0.15) is 5.75 Å². The predicted molar refractivity (Wildman–Crippen MR) is 211 cm³/mol. The molecule has 0 bridgehead atoms. The molecular formula is C36H66Cl2N5O8P. The minimum atomic E-state index is -3.92. The third kappa shape index (κ3) is 23.4. The van der Waals surface area contributed by atoms with Gasteiger partial charge in [-0.1, -0.05) is 58.6 Å². The molecule has 0 saturated heterocycles. The van der Waals surface area contributed by atoms with Crippen molar-refractivity contribution in [2.45, 2.75) is 97.4 Å². The first-order chi connectivity index (χ1) is 23.7. The highest BCUT2D eigenvalue weighted by Gasteiger charge is 2.31. The number of phosphoric acid groups is 1. The number of primary amides is 1. The van der Waals surface area contributed by atoms with Crippen molar-refractivity contribution in [1.82, 2.24) is 20.4 Å². The SMILES string of the molecule is CCCCCC(=O)N[C@@H](Cc1ccc(OP(=O)(OCCN(C)C)OCCN(C)C)cc1)C(=O)C[C@H](C(=O)NCCCCCC(N)=O)[C@@H](C)CC.Cl.Cl. The molecule has 0 aliphatic carbocycles. The fourth-order valence-electron chi connectivity index (χ4n) is 5.00. The van der Waals surface area contributed by atoms with E-state index in [9.17, 15) is 23.7 Å². The number of halogens is 2. The van der Waals surface area contributed by atoms with Crippen molar-refractivity contribution in [1.29, 1.82) is 0 Å². The molecule has 0 aliphatic heterocycles. The molecule has 52 heavy (non-hydrogen) atoms. The standard InChI is InChI=1S/C36H64N5O8P.2ClH/c1-8-10-12-16-35(44)39-32(33(42)27-31(28(3)9-2)36(45)38-21-14-11-13-15-34(37)43)26-29-17-19-30(20-18-29)49-50(46,47-24-22-40(4)5)48-25-23-41(6)7;;/h17-20,28,31-32H,8-16,21-27H2,1-7H3,(H2,37,43)(H,38,45)(H,39,44);2*1H/t28-,31-,32-;;/m0../s1. The lowest BCUT2D eigenvalue weighted by Crippen LogP contribution is -2.45. The number of likely N-dealkylation sites (N-methyl/N-ethyl adjacent to an activating group) is 2. The van der Waals surface area contributed by atoms with Crippen molar-refractivity contribution < 1.29 is 37.3 Å².